The van der Waals surface area contributed by atoms with Crippen molar-refractivity contribution in [2.75, 3.05) is 44.0 Å². The molecule has 0 saturated carbocycles. The number of benzene rings is 1. The maximum absolute atomic E-state index is 6.05. The Labute approximate surface area is 176 Å². The number of halogens is 1. The lowest BCUT2D eigenvalue weighted by molar-refractivity contribution is -0.101. The zero-order valence-electron chi connectivity index (χ0n) is 16.9. The molecule has 2 aliphatic rings. The summed E-state index contributed by atoms with van der Waals surface area (Å²) < 4.78 is 11.9. The van der Waals surface area contributed by atoms with Crippen molar-refractivity contribution in [3.8, 4) is 0 Å². The molecule has 1 unspecified atom stereocenters. The van der Waals surface area contributed by atoms with Gasteiger partial charge in [-0.2, -0.15) is 4.98 Å². The summed E-state index contributed by atoms with van der Waals surface area (Å²) in [5.74, 6) is 0.970. The summed E-state index contributed by atoms with van der Waals surface area (Å²) in [7, 11) is 1.78. The van der Waals surface area contributed by atoms with Crippen LogP contribution in [0.4, 0.5) is 11.9 Å². The number of aromatic nitrogens is 3. The van der Waals surface area contributed by atoms with E-state index in [1.165, 1.54) is 5.56 Å². The summed E-state index contributed by atoms with van der Waals surface area (Å²) >= 11 is 6.05. The van der Waals surface area contributed by atoms with Crippen LogP contribution in [0.1, 0.15) is 18.9 Å². The molecular weight excluding hydrogens is 392 g/mol. The first-order chi connectivity index (χ1) is 14.0. The highest BCUT2D eigenvalue weighted by molar-refractivity contribution is 6.30. The Morgan fingerprint density at radius 3 is 2.79 bits per heavy atom. The molecule has 2 saturated heterocycles. The topological polar surface area (TPSA) is 92.5 Å². The third-order valence-corrected chi connectivity index (χ3v) is 6.17. The number of nitrogens with zero attached hydrogens (tertiary/aromatic N) is 4. The minimum Gasteiger partial charge on any atom is -0.378 e. The van der Waals surface area contributed by atoms with E-state index < -0.39 is 0 Å². The normalized spacial score (nSPS) is 28.6. The third-order valence-electron chi connectivity index (χ3n) is 5.92. The van der Waals surface area contributed by atoms with Crippen LogP contribution in [0.25, 0.3) is 0 Å². The van der Waals surface area contributed by atoms with Crippen LogP contribution in [0.15, 0.2) is 24.3 Å². The van der Waals surface area contributed by atoms with Gasteiger partial charge in [0.05, 0.1) is 18.8 Å². The van der Waals surface area contributed by atoms with Gasteiger partial charge in [-0.1, -0.05) is 23.7 Å². The van der Waals surface area contributed by atoms with Crippen LogP contribution in [0.5, 0.6) is 0 Å². The second-order valence-electron chi connectivity index (χ2n) is 7.92. The Bertz CT molecular complexity index is 801. The molecule has 0 bridgehead atoms. The lowest BCUT2D eigenvalue weighted by Crippen LogP contribution is -2.62. The minimum absolute atomic E-state index is 0.0569. The average molecular weight is 421 g/mol. The number of morpholine rings is 1. The van der Waals surface area contributed by atoms with Gasteiger partial charge in [0.1, 0.15) is 0 Å². The molecule has 1 aromatic heterocycles. The van der Waals surface area contributed by atoms with Crippen molar-refractivity contribution in [3.05, 3.63) is 34.9 Å². The maximum atomic E-state index is 6.05. The van der Waals surface area contributed by atoms with E-state index in [-0.39, 0.29) is 12.2 Å². The van der Waals surface area contributed by atoms with Crippen molar-refractivity contribution in [2.45, 2.75) is 44.1 Å². The molecule has 0 aliphatic carbocycles. The molecule has 2 aliphatic heterocycles. The van der Waals surface area contributed by atoms with E-state index in [2.05, 4.69) is 44.0 Å². The predicted octanol–water partition coefficient (Wildman–Crippen LogP) is 1.97. The first kappa shape index (κ1) is 20.4. The van der Waals surface area contributed by atoms with E-state index in [0.29, 0.717) is 24.0 Å². The number of anilines is 2. The van der Waals surface area contributed by atoms with Crippen LogP contribution in [0.3, 0.4) is 0 Å². The second-order valence-corrected chi connectivity index (χ2v) is 8.36. The average Bonchev–Trinajstić information content (AvgIpc) is 3.17. The molecule has 8 nitrogen and oxygen atoms in total. The molecule has 29 heavy (non-hydrogen) atoms. The fourth-order valence-corrected chi connectivity index (χ4v) is 4.57. The fraction of sp³-hybridized carbons (Fsp3) is 0.600. The summed E-state index contributed by atoms with van der Waals surface area (Å²) in [6, 6.07) is 8.72. The molecule has 1 aromatic carbocycles. The Hall–Kier alpha value is -1.87. The highest BCUT2D eigenvalue weighted by Gasteiger charge is 2.40. The van der Waals surface area contributed by atoms with Crippen LogP contribution >= 0.6 is 11.6 Å². The first-order valence-electron chi connectivity index (χ1n) is 10.1. The number of methoxy groups -OCH3 is 1. The van der Waals surface area contributed by atoms with Crippen molar-refractivity contribution in [3.63, 3.8) is 0 Å². The molecule has 0 radical (unpaired) electrons. The van der Waals surface area contributed by atoms with Gasteiger partial charge in [0.25, 0.3) is 0 Å². The van der Waals surface area contributed by atoms with Crippen molar-refractivity contribution in [1.29, 1.82) is 0 Å². The standard InChI is InChI=1S/C20H29ClN6O2/c1-13-10-27(16(12-29-13)9-14-3-5-15(21)6-4-14)17-7-8-26(11-18(17)28-2)20-23-19(22)24-25-20/h3-6,13,16-18H,7-12H2,1-2H3,(H3,22,23,24,25)/t13-,16?,17-,18-/m0/s1. The molecule has 9 heteroatoms. The number of hydrogen-bond acceptors (Lipinski definition) is 7. The molecule has 3 N–H and O–H groups in total. The van der Waals surface area contributed by atoms with Crippen LogP contribution in [0.2, 0.25) is 5.02 Å². The highest BCUT2D eigenvalue weighted by atomic mass is 35.5. The zero-order chi connectivity index (χ0) is 20.4. The summed E-state index contributed by atoms with van der Waals surface area (Å²) in [4.78, 5) is 8.99. The Balaban J connectivity index is 1.49. The number of piperidine rings is 1. The molecule has 3 heterocycles. The number of H-pyrrole nitrogens is 1. The van der Waals surface area contributed by atoms with Gasteiger partial charge in [0.2, 0.25) is 11.9 Å². The number of aromatic amines is 1. The van der Waals surface area contributed by atoms with E-state index in [9.17, 15) is 0 Å². The van der Waals surface area contributed by atoms with Crippen LogP contribution in [0, 0.1) is 0 Å². The van der Waals surface area contributed by atoms with Gasteiger partial charge in [-0.15, -0.1) is 5.10 Å². The lowest BCUT2D eigenvalue weighted by atomic mass is 9.94. The number of nitrogens with two attached hydrogens (primary N) is 1. The smallest absolute Gasteiger partial charge is 0.246 e. The number of rotatable bonds is 5. The van der Waals surface area contributed by atoms with E-state index in [1.807, 2.05) is 12.1 Å². The molecular formula is C20H29ClN6O2. The molecule has 0 amide bonds. The molecule has 0 spiro atoms. The van der Waals surface area contributed by atoms with E-state index in [0.717, 1.165) is 44.1 Å². The van der Waals surface area contributed by atoms with Gasteiger partial charge >= 0.3 is 0 Å². The van der Waals surface area contributed by atoms with Crippen LogP contribution in [-0.2, 0) is 15.9 Å². The Morgan fingerprint density at radius 1 is 1.31 bits per heavy atom. The minimum atomic E-state index is 0.0569. The molecule has 2 aromatic rings. The summed E-state index contributed by atoms with van der Waals surface area (Å²) in [6.45, 7) is 5.35. The number of nitrogens with one attached hydrogen (secondary N) is 1. The number of nitrogen functional groups attached to an aromatic ring is 1. The van der Waals surface area contributed by atoms with Crippen molar-refractivity contribution in [2.24, 2.45) is 0 Å². The summed E-state index contributed by atoms with van der Waals surface area (Å²) in [6.07, 6.45) is 2.16. The van der Waals surface area contributed by atoms with Gasteiger partial charge in [-0.05, 0) is 37.5 Å². The monoisotopic (exact) mass is 420 g/mol. The highest BCUT2D eigenvalue weighted by Crippen LogP contribution is 2.28. The largest absolute Gasteiger partial charge is 0.378 e. The van der Waals surface area contributed by atoms with Crippen molar-refractivity contribution < 1.29 is 9.47 Å². The van der Waals surface area contributed by atoms with E-state index in [4.69, 9.17) is 26.8 Å². The third kappa shape index (κ3) is 4.66. The predicted molar refractivity (Wildman–Crippen MR) is 113 cm³/mol. The van der Waals surface area contributed by atoms with Gasteiger partial charge in [0.15, 0.2) is 0 Å². The van der Waals surface area contributed by atoms with Gasteiger partial charge in [-0.25, -0.2) is 5.10 Å². The molecule has 4 atom stereocenters. The molecule has 2 fully saturated rings. The fourth-order valence-electron chi connectivity index (χ4n) is 4.45. The lowest BCUT2D eigenvalue weighted by Gasteiger charge is -2.48. The molecule has 4 rings (SSSR count). The van der Waals surface area contributed by atoms with Crippen LogP contribution in [-0.4, -0.2) is 77.7 Å². The van der Waals surface area contributed by atoms with Crippen molar-refractivity contribution >= 4 is 23.5 Å². The number of ether oxygens (including phenoxy) is 2. The zero-order valence-corrected chi connectivity index (χ0v) is 17.7. The van der Waals surface area contributed by atoms with Crippen molar-refractivity contribution in [1.82, 2.24) is 20.1 Å². The second kappa shape index (κ2) is 8.87. The summed E-state index contributed by atoms with van der Waals surface area (Å²) in [5.41, 5.74) is 6.96. The van der Waals surface area contributed by atoms with Gasteiger partial charge < -0.3 is 20.1 Å². The molecule has 158 valence electrons. The maximum Gasteiger partial charge on any atom is 0.246 e. The summed E-state index contributed by atoms with van der Waals surface area (Å²) in [5, 5.41) is 7.68. The van der Waals surface area contributed by atoms with Gasteiger partial charge in [0, 0.05) is 43.9 Å². The number of hydrogen-bond donors (Lipinski definition) is 2. The van der Waals surface area contributed by atoms with E-state index in [1.54, 1.807) is 7.11 Å². The SMILES string of the molecule is CO[C@H]1CN(c2n[nH]c(N)n2)CC[C@@H]1N1C[C@H](C)OCC1Cc1ccc(Cl)cc1. The van der Waals surface area contributed by atoms with E-state index >= 15 is 0 Å². The van der Waals surface area contributed by atoms with Crippen LogP contribution < -0.4 is 10.6 Å². The Morgan fingerprint density at radius 2 is 2.10 bits per heavy atom. The Kier molecular flexibility index (Phi) is 6.24. The first-order valence-corrected chi connectivity index (χ1v) is 10.5. The van der Waals surface area contributed by atoms with Gasteiger partial charge in [-0.3, -0.25) is 4.90 Å². The quantitative estimate of drug-likeness (QED) is 0.763.